The van der Waals surface area contributed by atoms with E-state index in [2.05, 4.69) is 5.32 Å². The second-order valence-electron chi connectivity index (χ2n) is 4.14. The Morgan fingerprint density at radius 1 is 1.47 bits per heavy atom. The van der Waals surface area contributed by atoms with Gasteiger partial charge in [0.25, 0.3) is 5.69 Å². The smallest absolute Gasteiger partial charge is 0.328 e. The van der Waals surface area contributed by atoms with Crippen LogP contribution in [0.1, 0.15) is 12.0 Å². The van der Waals surface area contributed by atoms with Crippen LogP contribution in [0.15, 0.2) is 24.3 Å². The summed E-state index contributed by atoms with van der Waals surface area (Å²) in [6.07, 6.45) is 0.294. The summed E-state index contributed by atoms with van der Waals surface area (Å²) in [5.41, 5.74) is 0.211. The molecule has 0 saturated carbocycles. The maximum absolute atomic E-state index is 11.7. The average Bonchev–Trinajstić information content (AvgIpc) is 2.75. The maximum atomic E-state index is 11.7. The number of carbonyl (C=O) groups excluding carboxylic acids is 2. The minimum absolute atomic E-state index is 0.105. The van der Waals surface area contributed by atoms with Gasteiger partial charge in [-0.2, -0.15) is 0 Å². The Morgan fingerprint density at radius 2 is 2.21 bits per heavy atom. The number of rotatable bonds is 4. The van der Waals surface area contributed by atoms with Crippen LogP contribution in [0.5, 0.6) is 0 Å². The number of nitro benzene ring substituents is 1. The van der Waals surface area contributed by atoms with Crippen molar-refractivity contribution in [3.63, 3.8) is 0 Å². The monoisotopic (exact) mass is 264 g/mol. The number of ether oxygens (including phenoxy) is 1. The molecule has 0 aromatic heterocycles. The van der Waals surface area contributed by atoms with Crippen LogP contribution in [-0.4, -0.2) is 29.4 Å². The molecule has 1 N–H and O–H groups in total. The minimum Gasteiger partial charge on any atom is -0.464 e. The number of esters is 1. The molecule has 2 rings (SSSR count). The molecule has 1 atom stereocenters. The van der Waals surface area contributed by atoms with E-state index in [4.69, 9.17) is 4.74 Å². The highest BCUT2D eigenvalue weighted by Gasteiger charge is 2.28. The number of cyclic esters (lactones) is 1. The fourth-order valence-corrected chi connectivity index (χ4v) is 1.88. The molecular formula is C12H12N2O5. The van der Waals surface area contributed by atoms with Crippen LogP contribution >= 0.6 is 0 Å². The van der Waals surface area contributed by atoms with Crippen molar-refractivity contribution in [2.45, 2.75) is 18.9 Å². The second-order valence-corrected chi connectivity index (χ2v) is 4.14. The highest BCUT2D eigenvalue weighted by Crippen LogP contribution is 2.18. The molecule has 1 heterocycles. The van der Waals surface area contributed by atoms with E-state index in [0.29, 0.717) is 12.0 Å². The zero-order valence-electron chi connectivity index (χ0n) is 10.00. The van der Waals surface area contributed by atoms with Crippen LogP contribution in [0.25, 0.3) is 0 Å². The molecule has 0 bridgehead atoms. The van der Waals surface area contributed by atoms with Crippen LogP contribution in [0.2, 0.25) is 0 Å². The number of carbonyl (C=O) groups is 2. The molecule has 1 unspecified atom stereocenters. The summed E-state index contributed by atoms with van der Waals surface area (Å²) in [5, 5.41) is 13.3. The second kappa shape index (κ2) is 5.47. The zero-order chi connectivity index (χ0) is 13.8. The van der Waals surface area contributed by atoms with Gasteiger partial charge in [0.15, 0.2) is 0 Å². The number of para-hydroxylation sites is 1. The normalized spacial score (nSPS) is 17.9. The van der Waals surface area contributed by atoms with Gasteiger partial charge in [-0.3, -0.25) is 14.9 Å². The lowest BCUT2D eigenvalue weighted by Gasteiger charge is -2.08. The van der Waals surface area contributed by atoms with Crippen LogP contribution < -0.4 is 5.32 Å². The maximum Gasteiger partial charge on any atom is 0.328 e. The van der Waals surface area contributed by atoms with E-state index in [1.807, 2.05) is 0 Å². The Hall–Kier alpha value is -2.44. The third-order valence-corrected chi connectivity index (χ3v) is 2.81. The number of hydrogen-bond donors (Lipinski definition) is 1. The quantitative estimate of drug-likeness (QED) is 0.487. The Bertz CT molecular complexity index is 529. The summed E-state index contributed by atoms with van der Waals surface area (Å²) in [4.78, 5) is 33.2. The number of amides is 1. The molecule has 1 aromatic carbocycles. The summed E-state index contributed by atoms with van der Waals surface area (Å²) in [7, 11) is 0. The van der Waals surface area contributed by atoms with Gasteiger partial charge in [0.1, 0.15) is 6.04 Å². The topological polar surface area (TPSA) is 98.5 Å². The number of hydrogen-bond acceptors (Lipinski definition) is 5. The molecule has 7 heteroatoms. The first-order chi connectivity index (χ1) is 9.08. The molecule has 100 valence electrons. The van der Waals surface area contributed by atoms with Crippen molar-refractivity contribution >= 4 is 17.6 Å². The minimum atomic E-state index is -0.643. The van der Waals surface area contributed by atoms with Gasteiger partial charge in [-0.1, -0.05) is 18.2 Å². The van der Waals surface area contributed by atoms with Gasteiger partial charge in [0.05, 0.1) is 18.0 Å². The molecule has 7 nitrogen and oxygen atoms in total. The van der Waals surface area contributed by atoms with Crippen molar-refractivity contribution in [3.8, 4) is 0 Å². The fraction of sp³-hybridized carbons (Fsp3) is 0.333. The van der Waals surface area contributed by atoms with Crippen LogP contribution in [0.3, 0.4) is 0 Å². The molecule has 1 amide bonds. The predicted molar refractivity (Wildman–Crippen MR) is 64.3 cm³/mol. The Morgan fingerprint density at radius 3 is 2.84 bits per heavy atom. The van der Waals surface area contributed by atoms with E-state index >= 15 is 0 Å². The van der Waals surface area contributed by atoms with E-state index in [1.54, 1.807) is 6.07 Å². The largest absolute Gasteiger partial charge is 0.464 e. The first kappa shape index (κ1) is 13.0. The average molecular weight is 264 g/mol. The predicted octanol–water partition coefficient (Wildman–Crippen LogP) is 0.569. The summed E-state index contributed by atoms with van der Waals surface area (Å²) in [6.45, 7) is 0.287. The lowest BCUT2D eigenvalue weighted by Crippen LogP contribution is -2.38. The van der Waals surface area contributed by atoms with Crippen molar-refractivity contribution < 1.29 is 19.2 Å². The molecule has 19 heavy (non-hydrogen) atoms. The van der Waals surface area contributed by atoms with Crippen molar-refractivity contribution in [2.75, 3.05) is 6.61 Å². The lowest BCUT2D eigenvalue weighted by atomic mass is 10.1. The molecule has 0 spiro atoms. The van der Waals surface area contributed by atoms with Gasteiger partial charge in [0, 0.05) is 18.1 Å². The highest BCUT2D eigenvalue weighted by atomic mass is 16.6. The molecule has 1 saturated heterocycles. The van der Waals surface area contributed by atoms with Gasteiger partial charge >= 0.3 is 5.97 Å². The third-order valence-electron chi connectivity index (χ3n) is 2.81. The lowest BCUT2D eigenvalue weighted by molar-refractivity contribution is -0.385. The standard InChI is InChI=1S/C12H12N2O5/c15-11(13-9-5-6-19-12(9)16)7-8-3-1-2-4-10(8)14(17)18/h1-4,9H,5-7H2,(H,13,15). The molecule has 0 radical (unpaired) electrons. The van der Waals surface area contributed by atoms with Crippen molar-refractivity contribution in [2.24, 2.45) is 0 Å². The summed E-state index contributed by atoms with van der Waals surface area (Å²) in [5.74, 6) is -0.894. The summed E-state index contributed by atoms with van der Waals surface area (Å²) in [6, 6.07) is 5.38. The Labute approximate surface area is 108 Å². The van der Waals surface area contributed by atoms with Crippen LogP contribution in [0, 0.1) is 10.1 Å². The molecule has 1 aromatic rings. The summed E-state index contributed by atoms with van der Waals surface area (Å²) < 4.78 is 4.72. The molecule has 1 aliphatic heterocycles. The molecule has 1 aliphatic rings. The fourth-order valence-electron chi connectivity index (χ4n) is 1.88. The number of nitrogens with zero attached hydrogens (tertiary/aromatic N) is 1. The third kappa shape index (κ3) is 3.06. The van der Waals surface area contributed by atoms with Gasteiger partial charge in [-0.25, -0.2) is 4.79 Å². The van der Waals surface area contributed by atoms with E-state index in [0.717, 1.165) is 0 Å². The van der Waals surface area contributed by atoms with Gasteiger partial charge < -0.3 is 10.1 Å². The van der Waals surface area contributed by atoms with Crippen molar-refractivity contribution in [3.05, 3.63) is 39.9 Å². The van der Waals surface area contributed by atoms with Crippen molar-refractivity contribution in [1.29, 1.82) is 0 Å². The van der Waals surface area contributed by atoms with Gasteiger partial charge in [0.2, 0.25) is 5.91 Å². The van der Waals surface area contributed by atoms with E-state index < -0.39 is 22.8 Å². The van der Waals surface area contributed by atoms with Gasteiger partial charge in [-0.05, 0) is 0 Å². The van der Waals surface area contributed by atoms with E-state index in [1.165, 1.54) is 18.2 Å². The van der Waals surface area contributed by atoms with Gasteiger partial charge in [-0.15, -0.1) is 0 Å². The van der Waals surface area contributed by atoms with E-state index in [-0.39, 0.29) is 18.7 Å². The molecule has 1 fully saturated rings. The number of benzene rings is 1. The number of nitro groups is 1. The Kier molecular flexibility index (Phi) is 3.74. The number of nitrogens with one attached hydrogen (secondary N) is 1. The van der Waals surface area contributed by atoms with Crippen LogP contribution in [0.4, 0.5) is 5.69 Å². The van der Waals surface area contributed by atoms with Crippen LogP contribution in [-0.2, 0) is 20.7 Å². The zero-order valence-corrected chi connectivity index (χ0v) is 10.00. The molecular weight excluding hydrogens is 252 g/mol. The first-order valence-electron chi connectivity index (χ1n) is 5.76. The first-order valence-corrected chi connectivity index (χ1v) is 5.76. The molecule has 0 aliphatic carbocycles. The summed E-state index contributed by atoms with van der Waals surface area (Å²) >= 11 is 0. The Balaban J connectivity index is 2.03. The SMILES string of the molecule is O=C(Cc1ccccc1[N+](=O)[O-])NC1CCOC1=O. The van der Waals surface area contributed by atoms with E-state index in [9.17, 15) is 19.7 Å². The van der Waals surface area contributed by atoms with Crippen molar-refractivity contribution in [1.82, 2.24) is 5.32 Å². The highest BCUT2D eigenvalue weighted by molar-refractivity contribution is 5.86.